The fraction of sp³-hybridized carbons (Fsp3) is 0.679. The summed E-state index contributed by atoms with van der Waals surface area (Å²) in [6, 6.07) is 10.5. The summed E-state index contributed by atoms with van der Waals surface area (Å²) in [5.41, 5.74) is 1.67. The van der Waals surface area contributed by atoms with Gasteiger partial charge in [-0.05, 0) is 49.0 Å². The minimum Gasteiger partial charge on any atom is -0.462 e. The van der Waals surface area contributed by atoms with Gasteiger partial charge in [-0.3, -0.25) is 14.6 Å². The molecule has 0 N–H and O–H groups in total. The summed E-state index contributed by atoms with van der Waals surface area (Å²) in [5.74, 6) is 1.08. The van der Waals surface area contributed by atoms with Crippen LogP contribution in [0.25, 0.3) is 6.08 Å². The maximum absolute atomic E-state index is 12.9. The highest BCUT2D eigenvalue weighted by Gasteiger charge is 2.65. The Morgan fingerprint density at radius 1 is 1.09 bits per heavy atom. The number of carbonyl (C=O) groups excluding carboxylic acids is 1. The van der Waals surface area contributed by atoms with E-state index in [0.717, 1.165) is 58.7 Å². The number of rotatable bonds is 5. The van der Waals surface area contributed by atoms with Gasteiger partial charge in [0.1, 0.15) is 6.10 Å². The van der Waals surface area contributed by atoms with Crippen molar-refractivity contribution in [1.82, 2.24) is 9.80 Å². The molecule has 33 heavy (non-hydrogen) atoms. The molecule has 5 aliphatic rings. The first-order valence-electron chi connectivity index (χ1n) is 13.1. The normalized spacial score (nSPS) is 41.2. The molecule has 0 radical (unpaired) electrons. The van der Waals surface area contributed by atoms with Crippen molar-refractivity contribution in [2.45, 2.75) is 50.7 Å². The van der Waals surface area contributed by atoms with Crippen LogP contribution in [-0.4, -0.2) is 73.3 Å². The van der Waals surface area contributed by atoms with E-state index in [1.807, 2.05) is 0 Å². The molecule has 5 nitrogen and oxygen atoms in total. The van der Waals surface area contributed by atoms with Crippen LogP contribution in [0.5, 0.6) is 0 Å². The molecule has 5 fully saturated rings. The van der Waals surface area contributed by atoms with Crippen LogP contribution in [0.15, 0.2) is 36.4 Å². The Balaban J connectivity index is 1.04. The standard InChI is InChI=1S/C28H38N2O3/c1-27-10-6-11-28(20-32-28)25(27)17-22-23(26(31)33-24(22)18-27)19-30-15-13-29(14-16-30)12-5-9-21-7-3-2-4-8-21/h2-5,7-9,22-25H,6,10-20H2,1H3/t22-,23+,24+,25+,27+,28+/m0/s1. The van der Waals surface area contributed by atoms with Gasteiger partial charge < -0.3 is 9.47 Å². The average molecular weight is 451 g/mol. The van der Waals surface area contributed by atoms with E-state index in [4.69, 9.17) is 9.47 Å². The molecular weight excluding hydrogens is 412 g/mol. The summed E-state index contributed by atoms with van der Waals surface area (Å²) in [6.45, 7) is 9.42. The number of carbonyl (C=O) groups is 1. The quantitative estimate of drug-likeness (QED) is 0.504. The van der Waals surface area contributed by atoms with E-state index >= 15 is 0 Å². The zero-order valence-electron chi connectivity index (χ0n) is 20.0. The largest absolute Gasteiger partial charge is 0.462 e. The Kier molecular flexibility index (Phi) is 5.63. The number of epoxide rings is 1. The van der Waals surface area contributed by atoms with Crippen molar-refractivity contribution < 1.29 is 14.3 Å². The van der Waals surface area contributed by atoms with Crippen LogP contribution in [0.4, 0.5) is 0 Å². The van der Waals surface area contributed by atoms with Gasteiger partial charge in [0.05, 0.1) is 18.1 Å². The lowest BCUT2D eigenvalue weighted by atomic mass is 9.53. The fourth-order valence-electron chi connectivity index (χ4n) is 7.50. The minimum absolute atomic E-state index is 0.0433. The molecule has 6 rings (SSSR count). The average Bonchev–Trinajstić information content (AvgIpc) is 3.52. The molecule has 2 aliphatic carbocycles. The van der Waals surface area contributed by atoms with Crippen molar-refractivity contribution in [2.24, 2.45) is 23.2 Å². The molecule has 178 valence electrons. The zero-order chi connectivity index (χ0) is 22.5. The minimum atomic E-state index is 0.0433. The first-order chi connectivity index (χ1) is 16.0. The van der Waals surface area contributed by atoms with Gasteiger partial charge in [-0.2, -0.15) is 0 Å². The molecule has 0 unspecified atom stereocenters. The van der Waals surface area contributed by atoms with Crippen molar-refractivity contribution in [3.8, 4) is 0 Å². The van der Waals surface area contributed by atoms with Gasteiger partial charge in [0.15, 0.2) is 0 Å². The third kappa shape index (κ3) is 4.17. The number of benzene rings is 1. The van der Waals surface area contributed by atoms with E-state index in [1.54, 1.807) is 0 Å². The van der Waals surface area contributed by atoms with Crippen LogP contribution in [0.3, 0.4) is 0 Å². The van der Waals surface area contributed by atoms with E-state index in [9.17, 15) is 4.79 Å². The summed E-state index contributed by atoms with van der Waals surface area (Å²) in [6.07, 6.45) is 10.5. The van der Waals surface area contributed by atoms with Gasteiger partial charge in [-0.25, -0.2) is 0 Å². The Morgan fingerprint density at radius 2 is 1.85 bits per heavy atom. The molecule has 0 amide bonds. The van der Waals surface area contributed by atoms with Crippen LogP contribution < -0.4 is 0 Å². The van der Waals surface area contributed by atoms with Crippen LogP contribution >= 0.6 is 0 Å². The highest BCUT2D eigenvalue weighted by molar-refractivity contribution is 5.75. The molecule has 0 bridgehead atoms. The Bertz CT molecular complexity index is 890. The Hall–Kier alpha value is -1.69. The van der Waals surface area contributed by atoms with E-state index in [-0.39, 0.29) is 29.0 Å². The SMILES string of the molecule is C[C@]12CCC[C@@]3(CO3)[C@@H]1C[C@@H]1[C@@H](C2)OC(=O)[C@@H]1CN1CCN(CC=Cc2ccccc2)CC1. The van der Waals surface area contributed by atoms with Crippen molar-refractivity contribution in [2.75, 3.05) is 45.9 Å². The summed E-state index contributed by atoms with van der Waals surface area (Å²) in [4.78, 5) is 18.0. The molecular formula is C28H38N2O3. The molecule has 1 aromatic carbocycles. The molecule has 2 saturated carbocycles. The summed E-state index contributed by atoms with van der Waals surface area (Å²) >= 11 is 0. The smallest absolute Gasteiger partial charge is 0.310 e. The molecule has 5 heteroatoms. The van der Waals surface area contributed by atoms with Gasteiger partial charge in [0.2, 0.25) is 0 Å². The number of hydrogen-bond acceptors (Lipinski definition) is 5. The topological polar surface area (TPSA) is 45.3 Å². The number of ether oxygens (including phenoxy) is 2. The molecule has 1 aromatic rings. The van der Waals surface area contributed by atoms with E-state index < -0.39 is 0 Å². The zero-order valence-corrected chi connectivity index (χ0v) is 20.0. The summed E-state index contributed by atoms with van der Waals surface area (Å²) in [7, 11) is 0. The summed E-state index contributed by atoms with van der Waals surface area (Å²) < 4.78 is 12.1. The van der Waals surface area contributed by atoms with Crippen molar-refractivity contribution in [3.05, 3.63) is 42.0 Å². The van der Waals surface area contributed by atoms with Crippen molar-refractivity contribution in [1.29, 1.82) is 0 Å². The van der Waals surface area contributed by atoms with E-state index in [2.05, 4.69) is 59.2 Å². The lowest BCUT2D eigenvalue weighted by Crippen LogP contribution is -2.52. The number of fused-ring (bicyclic) bond motifs is 3. The Labute approximate surface area is 198 Å². The van der Waals surface area contributed by atoms with Gasteiger partial charge in [-0.1, -0.05) is 49.4 Å². The number of hydrogen-bond donors (Lipinski definition) is 0. The highest BCUT2D eigenvalue weighted by Crippen LogP contribution is 2.62. The van der Waals surface area contributed by atoms with E-state index in [0.29, 0.717) is 11.8 Å². The van der Waals surface area contributed by atoms with Crippen molar-refractivity contribution in [3.63, 3.8) is 0 Å². The number of esters is 1. The second-order valence-corrected chi connectivity index (χ2v) is 11.5. The lowest BCUT2D eigenvalue weighted by Gasteiger charge is -2.51. The van der Waals surface area contributed by atoms with Crippen molar-refractivity contribution >= 4 is 12.0 Å². The monoisotopic (exact) mass is 450 g/mol. The first-order valence-corrected chi connectivity index (χ1v) is 13.1. The number of nitrogens with zero attached hydrogens (tertiary/aromatic N) is 2. The molecule has 6 atom stereocenters. The third-order valence-electron chi connectivity index (χ3n) is 9.47. The second-order valence-electron chi connectivity index (χ2n) is 11.5. The maximum atomic E-state index is 12.9. The van der Waals surface area contributed by atoms with Gasteiger partial charge in [-0.15, -0.1) is 0 Å². The predicted molar refractivity (Wildman–Crippen MR) is 129 cm³/mol. The molecule has 1 spiro atoms. The van der Waals surface area contributed by atoms with Crippen LogP contribution in [0, 0.1) is 23.2 Å². The van der Waals surface area contributed by atoms with Gasteiger partial charge in [0.25, 0.3) is 0 Å². The van der Waals surface area contributed by atoms with Gasteiger partial charge in [0, 0.05) is 45.2 Å². The second kappa shape index (κ2) is 8.51. The Morgan fingerprint density at radius 3 is 2.61 bits per heavy atom. The molecule has 3 aliphatic heterocycles. The molecule has 3 heterocycles. The van der Waals surface area contributed by atoms with Gasteiger partial charge >= 0.3 is 5.97 Å². The van der Waals surface area contributed by atoms with Crippen LogP contribution in [0.2, 0.25) is 0 Å². The lowest BCUT2D eigenvalue weighted by molar-refractivity contribution is -0.147. The first kappa shape index (κ1) is 21.8. The number of piperazine rings is 1. The molecule has 0 aromatic heterocycles. The highest BCUT2D eigenvalue weighted by atomic mass is 16.6. The molecule has 3 saturated heterocycles. The van der Waals surface area contributed by atoms with Crippen LogP contribution in [0.1, 0.15) is 44.6 Å². The summed E-state index contributed by atoms with van der Waals surface area (Å²) in [5, 5.41) is 0. The van der Waals surface area contributed by atoms with Crippen LogP contribution in [-0.2, 0) is 14.3 Å². The third-order valence-corrected chi connectivity index (χ3v) is 9.47. The maximum Gasteiger partial charge on any atom is 0.310 e. The van der Waals surface area contributed by atoms with E-state index in [1.165, 1.54) is 24.8 Å². The predicted octanol–water partition coefficient (Wildman–Crippen LogP) is 3.84. The fourth-order valence-corrected chi connectivity index (χ4v) is 7.50.